The van der Waals surface area contributed by atoms with Gasteiger partial charge in [-0.05, 0) is 12.5 Å². The first-order valence-electron chi connectivity index (χ1n) is 5.50. The van der Waals surface area contributed by atoms with E-state index in [9.17, 15) is 5.11 Å². The van der Waals surface area contributed by atoms with Crippen LogP contribution in [0.3, 0.4) is 0 Å². The first kappa shape index (κ1) is 13.1. The Kier molecular flexibility index (Phi) is 4.04. The topological polar surface area (TPSA) is 54.2 Å². The summed E-state index contributed by atoms with van der Waals surface area (Å²) in [5.41, 5.74) is 0.0437. The minimum absolute atomic E-state index is 0.0437. The van der Waals surface area contributed by atoms with Gasteiger partial charge in [0.2, 0.25) is 0 Å². The molecule has 0 aliphatic carbocycles. The van der Waals surface area contributed by atoms with Gasteiger partial charge in [0.15, 0.2) is 0 Å². The van der Waals surface area contributed by atoms with Gasteiger partial charge in [0.1, 0.15) is 12.2 Å². The average molecular weight is 226 g/mol. The van der Waals surface area contributed by atoms with Crippen LogP contribution in [0.25, 0.3) is 0 Å². The lowest BCUT2D eigenvalue weighted by Gasteiger charge is -2.36. The van der Waals surface area contributed by atoms with Crippen molar-refractivity contribution in [2.75, 3.05) is 13.7 Å². The van der Waals surface area contributed by atoms with Gasteiger partial charge in [-0.3, -0.25) is 4.90 Å². The zero-order chi connectivity index (χ0) is 12.3. The van der Waals surface area contributed by atoms with E-state index in [1.165, 1.54) is 0 Å². The van der Waals surface area contributed by atoms with Crippen molar-refractivity contribution in [1.29, 1.82) is 0 Å². The summed E-state index contributed by atoms with van der Waals surface area (Å²) in [6.07, 6.45) is 1.69. The molecule has 0 aliphatic rings. The number of aliphatic hydroxyl groups excluding tert-OH is 1. The van der Waals surface area contributed by atoms with Crippen LogP contribution in [-0.2, 0) is 13.6 Å². The summed E-state index contributed by atoms with van der Waals surface area (Å²) in [6, 6.07) is 0.115. The minimum Gasteiger partial charge on any atom is -0.395 e. The van der Waals surface area contributed by atoms with Crippen LogP contribution < -0.4 is 0 Å². The molecule has 1 heterocycles. The fraction of sp³-hybridized carbons (Fsp3) is 0.818. The van der Waals surface area contributed by atoms with E-state index < -0.39 is 0 Å². The molecule has 1 unspecified atom stereocenters. The van der Waals surface area contributed by atoms with Crippen LogP contribution >= 0.6 is 0 Å². The molecule has 5 heteroatoms. The molecule has 0 fully saturated rings. The van der Waals surface area contributed by atoms with Gasteiger partial charge in [0.25, 0.3) is 0 Å². The number of likely N-dealkylation sites (N-methyl/N-ethyl adjacent to an activating group) is 1. The fourth-order valence-electron chi connectivity index (χ4n) is 1.86. The number of aromatic nitrogens is 3. The van der Waals surface area contributed by atoms with E-state index >= 15 is 0 Å². The van der Waals surface area contributed by atoms with Crippen molar-refractivity contribution in [1.82, 2.24) is 19.7 Å². The van der Waals surface area contributed by atoms with Gasteiger partial charge in [-0.15, -0.1) is 10.2 Å². The number of rotatable bonds is 4. The van der Waals surface area contributed by atoms with Gasteiger partial charge in [0.05, 0.1) is 13.2 Å². The van der Waals surface area contributed by atoms with Crippen molar-refractivity contribution in [2.24, 2.45) is 12.5 Å². The van der Waals surface area contributed by atoms with E-state index in [0.29, 0.717) is 6.54 Å². The van der Waals surface area contributed by atoms with Crippen molar-refractivity contribution in [3.8, 4) is 0 Å². The van der Waals surface area contributed by atoms with E-state index in [0.717, 1.165) is 5.82 Å². The normalized spacial score (nSPS) is 14.4. The van der Waals surface area contributed by atoms with Gasteiger partial charge in [-0.25, -0.2) is 0 Å². The molecule has 1 atom stereocenters. The number of hydrogen-bond acceptors (Lipinski definition) is 4. The lowest BCUT2D eigenvalue weighted by Crippen LogP contribution is -2.44. The van der Waals surface area contributed by atoms with E-state index in [1.807, 2.05) is 18.7 Å². The Hall–Kier alpha value is -0.940. The predicted molar refractivity (Wildman–Crippen MR) is 62.8 cm³/mol. The summed E-state index contributed by atoms with van der Waals surface area (Å²) in [6.45, 7) is 7.22. The summed E-state index contributed by atoms with van der Waals surface area (Å²) in [5, 5.41) is 17.3. The summed E-state index contributed by atoms with van der Waals surface area (Å²) in [7, 11) is 3.93. The van der Waals surface area contributed by atoms with E-state index in [1.54, 1.807) is 6.33 Å². The molecule has 0 saturated heterocycles. The number of hydrogen-bond donors (Lipinski definition) is 1. The molecule has 0 amide bonds. The molecule has 1 aromatic rings. The van der Waals surface area contributed by atoms with Gasteiger partial charge >= 0.3 is 0 Å². The molecule has 0 aliphatic heterocycles. The Morgan fingerprint density at radius 2 is 2.12 bits per heavy atom. The maximum absolute atomic E-state index is 9.45. The summed E-state index contributed by atoms with van der Waals surface area (Å²) < 4.78 is 1.90. The monoisotopic (exact) mass is 226 g/mol. The molecule has 1 N–H and O–H groups in total. The van der Waals surface area contributed by atoms with Crippen LogP contribution in [0, 0.1) is 5.41 Å². The molecule has 16 heavy (non-hydrogen) atoms. The maximum atomic E-state index is 9.45. The zero-order valence-corrected chi connectivity index (χ0v) is 10.8. The quantitative estimate of drug-likeness (QED) is 0.819. The molecule has 0 spiro atoms. The second-order valence-corrected chi connectivity index (χ2v) is 5.34. The highest BCUT2D eigenvalue weighted by atomic mass is 16.3. The van der Waals surface area contributed by atoms with Crippen LogP contribution in [0.1, 0.15) is 26.6 Å². The molecular weight excluding hydrogens is 204 g/mol. The second kappa shape index (κ2) is 4.93. The summed E-state index contributed by atoms with van der Waals surface area (Å²) >= 11 is 0. The third-order valence-corrected chi connectivity index (χ3v) is 2.90. The molecule has 0 aromatic carbocycles. The van der Waals surface area contributed by atoms with Crippen LogP contribution in [-0.4, -0.2) is 44.5 Å². The number of nitrogens with zero attached hydrogens (tertiary/aromatic N) is 4. The highest BCUT2D eigenvalue weighted by molar-refractivity contribution is 4.88. The Labute approximate surface area is 97.1 Å². The van der Waals surface area contributed by atoms with Crippen molar-refractivity contribution in [2.45, 2.75) is 33.4 Å². The van der Waals surface area contributed by atoms with Crippen LogP contribution in [0.2, 0.25) is 0 Å². The lowest BCUT2D eigenvalue weighted by molar-refractivity contribution is 0.0592. The first-order chi connectivity index (χ1) is 7.36. The van der Waals surface area contributed by atoms with E-state index in [-0.39, 0.29) is 18.1 Å². The highest BCUT2D eigenvalue weighted by Crippen LogP contribution is 2.23. The highest BCUT2D eigenvalue weighted by Gasteiger charge is 2.28. The minimum atomic E-state index is 0.0437. The maximum Gasteiger partial charge on any atom is 0.146 e. The van der Waals surface area contributed by atoms with Crippen molar-refractivity contribution >= 4 is 0 Å². The van der Waals surface area contributed by atoms with Gasteiger partial charge in [0, 0.05) is 13.1 Å². The van der Waals surface area contributed by atoms with E-state index in [4.69, 9.17) is 0 Å². The Bertz CT molecular complexity index is 329. The van der Waals surface area contributed by atoms with Crippen LogP contribution in [0.5, 0.6) is 0 Å². The smallest absolute Gasteiger partial charge is 0.146 e. The van der Waals surface area contributed by atoms with Gasteiger partial charge in [-0.1, -0.05) is 20.8 Å². The average Bonchev–Trinajstić information content (AvgIpc) is 2.50. The van der Waals surface area contributed by atoms with Gasteiger partial charge < -0.3 is 9.67 Å². The van der Waals surface area contributed by atoms with Crippen LogP contribution in [0.4, 0.5) is 0 Å². The van der Waals surface area contributed by atoms with E-state index in [2.05, 4.69) is 35.9 Å². The number of aryl methyl sites for hydroxylation is 1. The van der Waals surface area contributed by atoms with Crippen molar-refractivity contribution < 1.29 is 5.11 Å². The molecule has 5 nitrogen and oxygen atoms in total. The third-order valence-electron chi connectivity index (χ3n) is 2.90. The SMILES string of the molecule is CN(Cc1nncn1C)C(CO)C(C)(C)C. The van der Waals surface area contributed by atoms with Crippen molar-refractivity contribution in [3.63, 3.8) is 0 Å². The fourth-order valence-corrected chi connectivity index (χ4v) is 1.86. The van der Waals surface area contributed by atoms with Gasteiger partial charge in [-0.2, -0.15) is 0 Å². The molecule has 0 saturated carbocycles. The molecule has 0 bridgehead atoms. The predicted octanol–water partition coefficient (Wildman–Crippen LogP) is 0.654. The standard InChI is InChI=1S/C11H22N4O/c1-11(2,3)9(7-16)14(4)6-10-13-12-8-15(10)5/h8-9,16H,6-7H2,1-5H3. The molecule has 92 valence electrons. The molecule has 0 radical (unpaired) electrons. The number of aliphatic hydroxyl groups is 1. The molecular formula is C11H22N4O. The zero-order valence-electron chi connectivity index (χ0n) is 10.8. The second-order valence-electron chi connectivity index (χ2n) is 5.34. The Morgan fingerprint density at radius 3 is 2.50 bits per heavy atom. The Morgan fingerprint density at radius 1 is 1.50 bits per heavy atom. The molecule has 1 rings (SSSR count). The summed E-state index contributed by atoms with van der Waals surface area (Å²) in [4.78, 5) is 2.12. The Balaban J connectivity index is 2.71. The molecule has 1 aromatic heterocycles. The lowest BCUT2D eigenvalue weighted by atomic mass is 9.86. The van der Waals surface area contributed by atoms with Crippen molar-refractivity contribution in [3.05, 3.63) is 12.2 Å². The summed E-state index contributed by atoms with van der Waals surface area (Å²) in [5.74, 6) is 0.908. The third kappa shape index (κ3) is 3.02. The largest absolute Gasteiger partial charge is 0.395 e. The first-order valence-corrected chi connectivity index (χ1v) is 5.50. The van der Waals surface area contributed by atoms with Crippen LogP contribution in [0.15, 0.2) is 6.33 Å².